The number of benzene rings is 13. The molecule has 320 valence electrons. The van der Waals surface area contributed by atoms with Crippen LogP contribution in [-0.4, -0.2) is 4.57 Å². The number of hydrogen-bond donors (Lipinski definition) is 0. The molecule has 0 aliphatic rings. The fourth-order valence-electron chi connectivity index (χ4n) is 11.6. The first-order valence-corrected chi connectivity index (χ1v) is 23.9. The monoisotopic (exact) mass is 873 g/mol. The van der Waals surface area contributed by atoms with E-state index in [0.29, 0.717) is 0 Å². The van der Waals surface area contributed by atoms with Gasteiger partial charge in [0, 0.05) is 16.5 Å². The second-order valence-electron chi connectivity index (χ2n) is 18.3. The van der Waals surface area contributed by atoms with Gasteiger partial charge >= 0.3 is 0 Å². The minimum Gasteiger partial charge on any atom is -0.309 e. The molecule has 0 unspecified atom stereocenters. The minimum absolute atomic E-state index is 1.12. The average Bonchev–Trinajstić information content (AvgIpc) is 3.76. The SMILES string of the molecule is c1ccc(-c2c3ccccc3c(-c3ccccc3)c3c(-c4ccc(-n5c6cc(-c7cccc8ccccc78)ccc6c6c7ccccc7ccc65)cc4)c4ccccc4c(-c4ccccc4)c23)cc1. The van der Waals surface area contributed by atoms with Crippen LogP contribution in [0.4, 0.5) is 0 Å². The molecule has 0 aliphatic heterocycles. The summed E-state index contributed by atoms with van der Waals surface area (Å²) in [7, 11) is 0. The van der Waals surface area contributed by atoms with Gasteiger partial charge in [0.2, 0.25) is 0 Å². The van der Waals surface area contributed by atoms with E-state index in [1.807, 2.05) is 0 Å². The van der Waals surface area contributed by atoms with E-state index in [0.717, 1.165) is 5.69 Å². The summed E-state index contributed by atoms with van der Waals surface area (Å²) in [5.74, 6) is 0. The highest BCUT2D eigenvalue weighted by molar-refractivity contribution is 6.34. The Labute approximate surface area is 400 Å². The van der Waals surface area contributed by atoms with Gasteiger partial charge in [-0.2, -0.15) is 0 Å². The third-order valence-corrected chi connectivity index (χ3v) is 14.5. The topological polar surface area (TPSA) is 4.93 Å². The third kappa shape index (κ3) is 6.11. The molecule has 0 amide bonds. The van der Waals surface area contributed by atoms with Gasteiger partial charge in [-0.3, -0.25) is 0 Å². The van der Waals surface area contributed by atoms with E-state index in [-0.39, 0.29) is 0 Å². The van der Waals surface area contributed by atoms with Crippen LogP contribution >= 0.6 is 0 Å². The largest absolute Gasteiger partial charge is 0.309 e. The maximum atomic E-state index is 2.49. The first-order chi connectivity index (χ1) is 34.3. The molecule has 14 aromatic rings. The first kappa shape index (κ1) is 39.2. The molecule has 0 radical (unpaired) electrons. The molecule has 0 saturated heterocycles. The van der Waals surface area contributed by atoms with Gasteiger partial charge in [-0.1, -0.05) is 237 Å². The van der Waals surface area contributed by atoms with E-state index >= 15 is 0 Å². The predicted octanol–water partition coefficient (Wildman–Crippen LogP) is 18.9. The lowest BCUT2D eigenvalue weighted by Gasteiger charge is -2.25. The molecular formula is C68H43N. The Morgan fingerprint density at radius 1 is 0.217 bits per heavy atom. The van der Waals surface area contributed by atoms with Crippen molar-refractivity contribution in [2.75, 3.05) is 0 Å². The molecule has 69 heavy (non-hydrogen) atoms. The number of nitrogens with zero attached hydrogens (tertiary/aromatic N) is 1. The van der Waals surface area contributed by atoms with Crippen LogP contribution in [-0.2, 0) is 0 Å². The van der Waals surface area contributed by atoms with E-state index in [9.17, 15) is 0 Å². The van der Waals surface area contributed by atoms with E-state index < -0.39 is 0 Å². The quantitative estimate of drug-likeness (QED) is 0.147. The van der Waals surface area contributed by atoms with Gasteiger partial charge in [-0.25, -0.2) is 0 Å². The van der Waals surface area contributed by atoms with E-state index in [2.05, 4.69) is 265 Å². The van der Waals surface area contributed by atoms with E-state index in [1.165, 1.54) is 131 Å². The van der Waals surface area contributed by atoms with Gasteiger partial charge in [0.1, 0.15) is 0 Å². The molecular weight excluding hydrogens is 831 g/mol. The second-order valence-corrected chi connectivity index (χ2v) is 18.3. The van der Waals surface area contributed by atoms with Crippen molar-refractivity contribution < 1.29 is 0 Å². The Hall–Kier alpha value is -9.04. The van der Waals surface area contributed by atoms with Crippen LogP contribution in [0.15, 0.2) is 261 Å². The fraction of sp³-hybridized carbons (Fsp3) is 0. The van der Waals surface area contributed by atoms with Gasteiger partial charge in [0.15, 0.2) is 0 Å². The highest BCUT2D eigenvalue weighted by Gasteiger charge is 2.26. The molecule has 1 nitrogen and oxygen atoms in total. The summed E-state index contributed by atoms with van der Waals surface area (Å²) in [5, 5.41) is 15.0. The molecule has 0 saturated carbocycles. The smallest absolute Gasteiger partial charge is 0.0547 e. The van der Waals surface area contributed by atoms with Crippen molar-refractivity contribution in [2.45, 2.75) is 0 Å². The maximum absolute atomic E-state index is 2.49. The van der Waals surface area contributed by atoms with Crippen LogP contribution < -0.4 is 0 Å². The molecule has 0 aliphatic carbocycles. The molecule has 0 atom stereocenters. The summed E-state index contributed by atoms with van der Waals surface area (Å²) in [6.45, 7) is 0. The summed E-state index contributed by atoms with van der Waals surface area (Å²) >= 11 is 0. The lowest BCUT2D eigenvalue weighted by atomic mass is 9.77. The minimum atomic E-state index is 1.12. The molecule has 0 N–H and O–H groups in total. The van der Waals surface area contributed by atoms with E-state index in [4.69, 9.17) is 0 Å². The number of rotatable bonds is 6. The number of hydrogen-bond acceptors (Lipinski definition) is 0. The van der Waals surface area contributed by atoms with Gasteiger partial charge < -0.3 is 4.57 Å². The molecule has 1 aromatic heterocycles. The Balaban J connectivity index is 1.09. The Morgan fingerprint density at radius 3 is 1.14 bits per heavy atom. The maximum Gasteiger partial charge on any atom is 0.0547 e. The van der Waals surface area contributed by atoms with Crippen molar-refractivity contribution in [3.05, 3.63) is 261 Å². The summed E-state index contributed by atoms with van der Waals surface area (Å²) in [6, 6.07) is 96.5. The molecule has 0 fully saturated rings. The van der Waals surface area contributed by atoms with Crippen molar-refractivity contribution in [2.24, 2.45) is 0 Å². The van der Waals surface area contributed by atoms with Crippen molar-refractivity contribution in [1.82, 2.24) is 4.57 Å². The molecule has 0 bridgehead atoms. The van der Waals surface area contributed by atoms with E-state index in [1.54, 1.807) is 0 Å². The van der Waals surface area contributed by atoms with Gasteiger partial charge in [0.05, 0.1) is 11.0 Å². The Kier molecular flexibility index (Phi) is 8.97. The zero-order chi connectivity index (χ0) is 45.4. The van der Waals surface area contributed by atoms with Gasteiger partial charge in [-0.05, 0) is 134 Å². The summed E-state index contributed by atoms with van der Waals surface area (Å²) < 4.78 is 2.49. The van der Waals surface area contributed by atoms with Crippen molar-refractivity contribution in [3.63, 3.8) is 0 Å². The predicted molar refractivity (Wildman–Crippen MR) is 295 cm³/mol. The highest BCUT2D eigenvalue weighted by atomic mass is 15.0. The van der Waals surface area contributed by atoms with Gasteiger partial charge in [-0.15, -0.1) is 0 Å². The summed E-state index contributed by atoms with van der Waals surface area (Å²) in [6.07, 6.45) is 0. The number of fused-ring (bicyclic) bond motifs is 9. The zero-order valence-corrected chi connectivity index (χ0v) is 37.8. The van der Waals surface area contributed by atoms with Crippen molar-refractivity contribution in [1.29, 1.82) is 0 Å². The van der Waals surface area contributed by atoms with Crippen LogP contribution in [0.5, 0.6) is 0 Å². The molecule has 13 aromatic carbocycles. The lowest BCUT2D eigenvalue weighted by Crippen LogP contribution is -1.98. The average molecular weight is 874 g/mol. The lowest BCUT2D eigenvalue weighted by molar-refractivity contribution is 1.18. The Morgan fingerprint density at radius 2 is 0.623 bits per heavy atom. The van der Waals surface area contributed by atoms with Crippen molar-refractivity contribution >= 4 is 75.7 Å². The molecule has 14 rings (SSSR count). The molecule has 1 heterocycles. The number of aromatic nitrogens is 1. The van der Waals surface area contributed by atoms with Crippen LogP contribution in [0.1, 0.15) is 0 Å². The van der Waals surface area contributed by atoms with Crippen LogP contribution in [0.3, 0.4) is 0 Å². The third-order valence-electron chi connectivity index (χ3n) is 14.5. The summed E-state index contributed by atoms with van der Waals surface area (Å²) in [4.78, 5) is 0. The zero-order valence-electron chi connectivity index (χ0n) is 37.8. The summed E-state index contributed by atoms with van der Waals surface area (Å²) in [5.41, 5.74) is 15.7. The normalized spacial score (nSPS) is 11.8. The molecule has 1 heteroatoms. The van der Waals surface area contributed by atoms with Crippen LogP contribution in [0.25, 0.3) is 137 Å². The van der Waals surface area contributed by atoms with Crippen LogP contribution in [0, 0.1) is 0 Å². The highest BCUT2D eigenvalue weighted by Crippen LogP contribution is 2.54. The Bertz CT molecular complexity index is 4270. The first-order valence-electron chi connectivity index (χ1n) is 23.9. The fourth-order valence-corrected chi connectivity index (χ4v) is 11.6. The second kappa shape index (κ2) is 15.8. The van der Waals surface area contributed by atoms with Crippen molar-refractivity contribution in [3.8, 4) is 61.3 Å². The standard InChI is InChI=1S/C68H43N/c1-4-21-46(22-5-1)62-55-30-14-15-31-56(55)64(48-25-8-3-9-26-48)68-65(58-33-17-16-32-57(58)63(67(62)68)47-23-6-2-7-24-47)49-35-39-51(40-36-49)69-60-42-38-45-20-11-13-29-54(45)66(60)59-41-37-50(43-61(59)69)53-34-18-27-44-19-10-12-28-52(44)53/h1-43H. The van der Waals surface area contributed by atoms with Gasteiger partial charge in [0.25, 0.3) is 0 Å². The van der Waals surface area contributed by atoms with Crippen LogP contribution in [0.2, 0.25) is 0 Å². The molecule has 0 spiro atoms.